The Balaban J connectivity index is 3.25. The lowest BCUT2D eigenvalue weighted by Crippen LogP contribution is -2.54. The Labute approximate surface area is 164 Å². The summed E-state index contributed by atoms with van der Waals surface area (Å²) in [5, 5.41) is 10.7. The van der Waals surface area contributed by atoms with E-state index in [1.807, 2.05) is 33.9 Å². The first-order valence-electron chi connectivity index (χ1n) is 9.20. The molecule has 1 heterocycles. The Morgan fingerprint density at radius 1 is 1.33 bits per heavy atom. The number of aliphatic hydroxyl groups is 1. The first kappa shape index (κ1) is 25.0. The maximum absolute atomic E-state index is 14.8. The van der Waals surface area contributed by atoms with Crippen LogP contribution in [-0.2, 0) is 22.8 Å². The average molecular weight is 422 g/mol. The molecule has 1 saturated heterocycles. The zero-order valence-electron chi connectivity index (χ0n) is 17.6. The van der Waals surface area contributed by atoms with Crippen molar-refractivity contribution in [3.05, 3.63) is 11.6 Å². The van der Waals surface area contributed by atoms with Crippen molar-refractivity contribution in [3.8, 4) is 0 Å². The fraction of sp³-hybridized carbons (Fsp3) is 0.882. The molecule has 0 spiro atoms. The van der Waals surface area contributed by atoms with Gasteiger partial charge in [-0.1, -0.05) is 20.8 Å². The van der Waals surface area contributed by atoms with Crippen LogP contribution in [0.1, 0.15) is 41.5 Å². The molecule has 156 valence electrons. The quantitative estimate of drug-likeness (QED) is 0.469. The Kier molecular flexibility index (Phi) is 8.13. The van der Waals surface area contributed by atoms with Gasteiger partial charge in [0.05, 0.1) is 13.2 Å². The molecule has 0 aromatic carbocycles. The first-order chi connectivity index (χ1) is 12.1. The maximum atomic E-state index is 14.8. The summed E-state index contributed by atoms with van der Waals surface area (Å²) in [4.78, 5) is 0. The highest BCUT2D eigenvalue weighted by atomic mass is 31.2. The smallest absolute Gasteiger partial charge is 0.389 e. The highest BCUT2D eigenvalue weighted by Crippen LogP contribution is 2.57. The molecule has 4 atom stereocenters. The summed E-state index contributed by atoms with van der Waals surface area (Å²) in [7, 11) is -0.520. The van der Waals surface area contributed by atoms with Crippen molar-refractivity contribution in [2.75, 3.05) is 13.2 Å². The minimum absolute atomic E-state index is 0.0190. The zero-order chi connectivity index (χ0) is 21.3. The van der Waals surface area contributed by atoms with Gasteiger partial charge in [0.25, 0.3) is 0 Å². The highest BCUT2D eigenvalue weighted by Gasteiger charge is 2.54. The molecule has 1 N–H and O–H groups in total. The van der Waals surface area contributed by atoms with Crippen LogP contribution in [0.2, 0.25) is 18.1 Å². The van der Waals surface area contributed by atoms with Crippen molar-refractivity contribution >= 4 is 23.8 Å². The largest absolute Gasteiger partial charge is 0.408 e. The van der Waals surface area contributed by atoms with Crippen LogP contribution in [0.5, 0.6) is 0 Å². The van der Waals surface area contributed by atoms with Gasteiger partial charge in [-0.15, -0.1) is 0 Å². The SMILES string of the molecule is [B][C@@H]1O[C@H](C=C(F)P(=O)(OCC)OCC)[C@H](O[Si](C)(C)C(C)(C)C)C1(C)O. The van der Waals surface area contributed by atoms with Crippen molar-refractivity contribution in [2.45, 2.75) is 83.5 Å². The Bertz CT molecular complexity index is 582. The molecule has 10 heteroatoms. The van der Waals surface area contributed by atoms with E-state index in [9.17, 15) is 14.1 Å². The summed E-state index contributed by atoms with van der Waals surface area (Å²) in [5.74, 6) is 0. The molecule has 0 bridgehead atoms. The van der Waals surface area contributed by atoms with Crippen molar-refractivity contribution in [3.63, 3.8) is 0 Å². The maximum Gasteiger partial charge on any atom is 0.389 e. The summed E-state index contributed by atoms with van der Waals surface area (Å²) in [6.07, 6.45) is -0.959. The lowest BCUT2D eigenvalue weighted by molar-refractivity contribution is -0.0344. The van der Waals surface area contributed by atoms with Crippen LogP contribution in [-0.4, -0.2) is 58.3 Å². The molecule has 0 aliphatic carbocycles. The number of hydrogen-bond acceptors (Lipinski definition) is 6. The number of ether oxygens (including phenoxy) is 1. The third kappa shape index (κ3) is 5.53. The molecule has 1 rings (SSSR count). The minimum atomic E-state index is -4.09. The van der Waals surface area contributed by atoms with Crippen LogP contribution in [0.15, 0.2) is 11.6 Å². The lowest BCUT2D eigenvalue weighted by Gasteiger charge is -2.42. The molecule has 0 aromatic heterocycles. The number of rotatable bonds is 8. The summed E-state index contributed by atoms with van der Waals surface area (Å²) in [5.41, 5.74) is -2.62. The van der Waals surface area contributed by atoms with Crippen molar-refractivity contribution in [1.82, 2.24) is 0 Å². The molecule has 0 saturated carbocycles. The summed E-state index contributed by atoms with van der Waals surface area (Å²) < 4.78 is 49.3. The van der Waals surface area contributed by atoms with E-state index in [1.54, 1.807) is 13.8 Å². The predicted octanol–water partition coefficient (Wildman–Crippen LogP) is 4.10. The van der Waals surface area contributed by atoms with E-state index in [1.165, 1.54) is 6.92 Å². The van der Waals surface area contributed by atoms with Crippen LogP contribution < -0.4 is 0 Å². The molecule has 1 fully saturated rings. The Morgan fingerprint density at radius 3 is 2.22 bits per heavy atom. The monoisotopic (exact) mass is 422 g/mol. The average Bonchev–Trinajstić information content (AvgIpc) is 2.69. The zero-order valence-corrected chi connectivity index (χ0v) is 19.5. The molecular formula is C17H33BFO6PSi. The lowest BCUT2D eigenvalue weighted by atomic mass is 9.82. The van der Waals surface area contributed by atoms with Gasteiger partial charge >= 0.3 is 7.60 Å². The van der Waals surface area contributed by atoms with E-state index in [-0.39, 0.29) is 18.3 Å². The Morgan fingerprint density at radius 2 is 1.81 bits per heavy atom. The fourth-order valence-electron chi connectivity index (χ4n) is 2.41. The molecule has 1 aliphatic heterocycles. The fourth-order valence-corrected chi connectivity index (χ4v) is 5.10. The second-order valence-corrected chi connectivity index (χ2v) is 15.1. The second-order valence-electron chi connectivity index (χ2n) is 8.37. The van der Waals surface area contributed by atoms with Crippen LogP contribution >= 0.6 is 7.60 Å². The van der Waals surface area contributed by atoms with E-state index in [0.717, 1.165) is 6.08 Å². The van der Waals surface area contributed by atoms with Gasteiger partial charge in [-0.3, -0.25) is 4.57 Å². The molecule has 1 aliphatic rings. The molecule has 2 radical (unpaired) electrons. The summed E-state index contributed by atoms with van der Waals surface area (Å²) in [6.45, 7) is 14.9. The summed E-state index contributed by atoms with van der Waals surface area (Å²) in [6, 6.07) is -1.08. The van der Waals surface area contributed by atoms with E-state index >= 15 is 0 Å². The first-order valence-corrected chi connectivity index (χ1v) is 13.7. The third-order valence-electron chi connectivity index (χ3n) is 5.14. The van der Waals surface area contributed by atoms with Crippen molar-refractivity contribution in [1.29, 1.82) is 0 Å². The van der Waals surface area contributed by atoms with Gasteiger partial charge in [0.15, 0.2) is 8.32 Å². The Hall–Kier alpha value is -0.0182. The van der Waals surface area contributed by atoms with Gasteiger partial charge in [-0.05, 0) is 45.0 Å². The number of halogens is 1. The van der Waals surface area contributed by atoms with E-state index in [2.05, 4.69) is 0 Å². The normalized spacial score (nSPS) is 30.7. The van der Waals surface area contributed by atoms with Gasteiger partial charge in [-0.25, -0.2) is 0 Å². The molecular weight excluding hydrogens is 389 g/mol. The minimum Gasteiger partial charge on any atom is -0.408 e. The van der Waals surface area contributed by atoms with Crippen molar-refractivity contribution < 1.29 is 32.3 Å². The molecule has 6 nitrogen and oxygen atoms in total. The topological polar surface area (TPSA) is 74.2 Å². The molecule has 1 unspecified atom stereocenters. The van der Waals surface area contributed by atoms with Crippen LogP contribution in [0.3, 0.4) is 0 Å². The van der Waals surface area contributed by atoms with Crippen molar-refractivity contribution in [2.24, 2.45) is 0 Å². The standard InChI is InChI=1S/C17H33BFO6PSi/c1-9-22-26(21,23-10-2)13(19)11-12-14(17(6,20)15(18)24-12)25-27(7,8)16(3,4)5/h11-12,14-15,20H,9-10H2,1-8H3/t12-,14+,15-,17?/m1/s1. The predicted molar refractivity (Wildman–Crippen MR) is 107 cm³/mol. The van der Waals surface area contributed by atoms with Gasteiger partial charge in [0, 0.05) is 6.00 Å². The van der Waals surface area contributed by atoms with Crippen LogP contribution in [0, 0.1) is 0 Å². The van der Waals surface area contributed by atoms with Crippen LogP contribution in [0.4, 0.5) is 4.39 Å². The van der Waals surface area contributed by atoms with Gasteiger partial charge in [-0.2, -0.15) is 4.39 Å². The molecule has 0 aromatic rings. The summed E-state index contributed by atoms with van der Waals surface area (Å²) >= 11 is 0. The highest BCUT2D eigenvalue weighted by molar-refractivity contribution is 7.58. The number of hydrogen-bond donors (Lipinski definition) is 1. The van der Waals surface area contributed by atoms with E-state index < -0.39 is 45.3 Å². The van der Waals surface area contributed by atoms with Gasteiger partial charge in [0.2, 0.25) is 5.57 Å². The van der Waals surface area contributed by atoms with Crippen LogP contribution in [0.25, 0.3) is 0 Å². The molecule has 0 amide bonds. The van der Waals surface area contributed by atoms with E-state index in [0.29, 0.717) is 0 Å². The third-order valence-corrected chi connectivity index (χ3v) is 11.5. The molecule has 27 heavy (non-hydrogen) atoms. The van der Waals surface area contributed by atoms with Gasteiger partial charge < -0.3 is 23.3 Å². The second kappa shape index (κ2) is 8.78. The van der Waals surface area contributed by atoms with E-state index in [4.69, 9.17) is 26.1 Å². The van der Waals surface area contributed by atoms with Gasteiger partial charge in [0.1, 0.15) is 25.7 Å².